The van der Waals surface area contributed by atoms with Crippen LogP contribution < -0.4 is 14.8 Å². The number of esters is 1. The highest BCUT2D eigenvalue weighted by molar-refractivity contribution is 6.02. The van der Waals surface area contributed by atoms with Crippen LogP contribution in [0.1, 0.15) is 22.3 Å². The summed E-state index contributed by atoms with van der Waals surface area (Å²) in [5.41, 5.74) is 2.09. The van der Waals surface area contributed by atoms with Gasteiger partial charge in [0, 0.05) is 12.0 Å². The number of ether oxygens (including phenoxy) is 3. The van der Waals surface area contributed by atoms with E-state index in [0.29, 0.717) is 30.0 Å². The van der Waals surface area contributed by atoms with Crippen LogP contribution in [-0.2, 0) is 14.3 Å². The SMILES string of the molecule is O=C(CNC(=O)c1ccc2c(c1)OCO2)OCC(=O)N1CCC(c2ccccc2)=N1. The third-order valence-corrected chi connectivity index (χ3v) is 4.58. The van der Waals surface area contributed by atoms with E-state index in [0.717, 1.165) is 11.3 Å². The first kappa shape index (κ1) is 19.4. The molecule has 0 atom stereocenters. The molecule has 0 saturated carbocycles. The van der Waals surface area contributed by atoms with Gasteiger partial charge in [0.05, 0.1) is 12.3 Å². The van der Waals surface area contributed by atoms with Gasteiger partial charge in [0.1, 0.15) is 6.54 Å². The molecule has 2 aromatic rings. The van der Waals surface area contributed by atoms with Gasteiger partial charge < -0.3 is 19.5 Å². The summed E-state index contributed by atoms with van der Waals surface area (Å²) in [6, 6.07) is 14.3. The van der Waals surface area contributed by atoms with Gasteiger partial charge in [-0.1, -0.05) is 30.3 Å². The van der Waals surface area contributed by atoms with Crippen LogP contribution in [-0.4, -0.2) is 55.0 Å². The van der Waals surface area contributed by atoms with E-state index in [-0.39, 0.29) is 13.3 Å². The Bertz CT molecular complexity index is 1010. The van der Waals surface area contributed by atoms with Gasteiger partial charge in [-0.15, -0.1) is 0 Å². The number of hydrogen-bond donors (Lipinski definition) is 1. The summed E-state index contributed by atoms with van der Waals surface area (Å²) in [7, 11) is 0. The summed E-state index contributed by atoms with van der Waals surface area (Å²) >= 11 is 0. The number of carbonyl (C=O) groups is 3. The molecule has 154 valence electrons. The number of fused-ring (bicyclic) bond motifs is 1. The maximum absolute atomic E-state index is 12.2. The van der Waals surface area contributed by atoms with E-state index >= 15 is 0 Å². The Labute approximate surface area is 172 Å². The Balaban J connectivity index is 1.22. The van der Waals surface area contributed by atoms with E-state index in [4.69, 9.17) is 14.2 Å². The van der Waals surface area contributed by atoms with Crippen molar-refractivity contribution in [2.24, 2.45) is 5.10 Å². The molecule has 0 saturated heterocycles. The second-order valence-electron chi connectivity index (χ2n) is 6.59. The lowest BCUT2D eigenvalue weighted by molar-refractivity contribution is -0.150. The predicted octanol–water partition coefficient (Wildman–Crippen LogP) is 1.32. The molecule has 2 aliphatic heterocycles. The Kier molecular flexibility index (Phi) is 5.60. The summed E-state index contributed by atoms with van der Waals surface area (Å²) in [6.45, 7) is -0.264. The van der Waals surface area contributed by atoms with Crippen molar-refractivity contribution in [1.82, 2.24) is 10.3 Å². The summed E-state index contributed by atoms with van der Waals surface area (Å²) in [5.74, 6) is -0.574. The van der Waals surface area contributed by atoms with Crippen LogP contribution in [0, 0.1) is 0 Å². The Hall–Kier alpha value is -3.88. The molecule has 0 aromatic heterocycles. The van der Waals surface area contributed by atoms with Crippen molar-refractivity contribution in [2.75, 3.05) is 26.5 Å². The van der Waals surface area contributed by atoms with Crippen LogP contribution >= 0.6 is 0 Å². The highest BCUT2D eigenvalue weighted by Crippen LogP contribution is 2.32. The van der Waals surface area contributed by atoms with Gasteiger partial charge in [-0.25, -0.2) is 5.01 Å². The molecule has 0 fully saturated rings. The van der Waals surface area contributed by atoms with Crippen molar-refractivity contribution in [3.8, 4) is 11.5 Å². The van der Waals surface area contributed by atoms with E-state index in [1.807, 2.05) is 30.3 Å². The minimum atomic E-state index is -0.719. The third kappa shape index (κ3) is 4.40. The van der Waals surface area contributed by atoms with Crippen LogP contribution in [0.3, 0.4) is 0 Å². The molecule has 2 heterocycles. The fourth-order valence-corrected chi connectivity index (χ4v) is 3.03. The molecule has 0 spiro atoms. The average molecular weight is 409 g/mol. The first-order chi connectivity index (χ1) is 14.6. The Morgan fingerprint density at radius 2 is 1.87 bits per heavy atom. The lowest BCUT2D eigenvalue weighted by Crippen LogP contribution is -2.33. The number of benzene rings is 2. The topological polar surface area (TPSA) is 107 Å². The van der Waals surface area contributed by atoms with Gasteiger partial charge in [0.2, 0.25) is 6.79 Å². The quantitative estimate of drug-likeness (QED) is 0.722. The lowest BCUT2D eigenvalue weighted by atomic mass is 10.1. The normalized spacial score (nSPS) is 14.3. The number of hydrazone groups is 1. The lowest BCUT2D eigenvalue weighted by Gasteiger charge is -2.12. The van der Waals surface area contributed by atoms with Gasteiger partial charge in [-0.05, 0) is 23.8 Å². The molecule has 1 N–H and O–H groups in total. The number of rotatable bonds is 6. The maximum Gasteiger partial charge on any atom is 0.325 e. The smallest absolute Gasteiger partial charge is 0.325 e. The molecule has 2 aliphatic rings. The van der Waals surface area contributed by atoms with Crippen LogP contribution in [0.4, 0.5) is 0 Å². The fourth-order valence-electron chi connectivity index (χ4n) is 3.03. The van der Waals surface area contributed by atoms with Crippen LogP contribution in [0.2, 0.25) is 0 Å². The van der Waals surface area contributed by atoms with Gasteiger partial charge in [0.25, 0.3) is 11.8 Å². The van der Waals surface area contributed by atoms with Crippen LogP contribution in [0.25, 0.3) is 0 Å². The summed E-state index contributed by atoms with van der Waals surface area (Å²) in [5, 5.41) is 8.04. The molecule has 0 aliphatic carbocycles. The van der Waals surface area contributed by atoms with Gasteiger partial charge in [0.15, 0.2) is 18.1 Å². The summed E-state index contributed by atoms with van der Waals surface area (Å²) in [4.78, 5) is 36.3. The first-order valence-corrected chi connectivity index (χ1v) is 9.37. The third-order valence-electron chi connectivity index (χ3n) is 4.58. The standard InChI is InChI=1S/C21H19N3O6/c25-19(24-9-8-16(23-24)14-4-2-1-3-5-14)12-28-20(26)11-22-21(27)15-6-7-17-18(10-15)30-13-29-17/h1-7,10H,8-9,11-13H2,(H,22,27). The van der Waals surface area contributed by atoms with Crippen molar-refractivity contribution in [2.45, 2.75) is 6.42 Å². The first-order valence-electron chi connectivity index (χ1n) is 9.37. The summed E-state index contributed by atoms with van der Waals surface area (Å²) < 4.78 is 15.4. The van der Waals surface area contributed by atoms with Crippen molar-refractivity contribution in [3.63, 3.8) is 0 Å². The fraction of sp³-hybridized carbons (Fsp3) is 0.238. The average Bonchev–Trinajstić information content (AvgIpc) is 3.45. The second-order valence-corrected chi connectivity index (χ2v) is 6.59. The number of nitrogens with one attached hydrogen (secondary N) is 1. The monoisotopic (exact) mass is 409 g/mol. The van der Waals surface area contributed by atoms with E-state index in [9.17, 15) is 14.4 Å². The highest BCUT2D eigenvalue weighted by Gasteiger charge is 2.23. The van der Waals surface area contributed by atoms with Gasteiger partial charge in [-0.3, -0.25) is 14.4 Å². The molecule has 0 unspecified atom stereocenters. The predicted molar refractivity (Wildman–Crippen MR) is 105 cm³/mol. The van der Waals surface area contributed by atoms with Crippen LogP contribution in [0.5, 0.6) is 11.5 Å². The molecule has 30 heavy (non-hydrogen) atoms. The maximum atomic E-state index is 12.2. The Morgan fingerprint density at radius 3 is 2.70 bits per heavy atom. The van der Waals surface area contributed by atoms with Crippen molar-refractivity contribution in [3.05, 3.63) is 59.7 Å². The van der Waals surface area contributed by atoms with E-state index in [1.165, 1.54) is 11.1 Å². The largest absolute Gasteiger partial charge is 0.454 e. The number of hydrogen-bond acceptors (Lipinski definition) is 7. The number of amides is 2. The number of carbonyl (C=O) groups excluding carboxylic acids is 3. The number of nitrogens with zero attached hydrogens (tertiary/aromatic N) is 2. The minimum absolute atomic E-state index is 0.106. The molecule has 4 rings (SSSR count). The van der Waals surface area contributed by atoms with Gasteiger partial charge in [-0.2, -0.15) is 5.10 Å². The molecular formula is C21H19N3O6. The van der Waals surface area contributed by atoms with Crippen molar-refractivity contribution >= 4 is 23.5 Å². The highest BCUT2D eigenvalue weighted by atomic mass is 16.7. The summed E-state index contributed by atoms with van der Waals surface area (Å²) in [6.07, 6.45) is 0.634. The van der Waals surface area contributed by atoms with Gasteiger partial charge >= 0.3 is 5.97 Å². The molecule has 9 heteroatoms. The molecule has 2 amide bonds. The van der Waals surface area contributed by atoms with Crippen LogP contribution in [0.15, 0.2) is 53.6 Å². The zero-order valence-electron chi connectivity index (χ0n) is 16.0. The van der Waals surface area contributed by atoms with E-state index < -0.39 is 24.4 Å². The zero-order valence-corrected chi connectivity index (χ0v) is 16.0. The molecule has 9 nitrogen and oxygen atoms in total. The Morgan fingerprint density at radius 1 is 1.07 bits per heavy atom. The molecule has 2 aromatic carbocycles. The molecule has 0 bridgehead atoms. The van der Waals surface area contributed by atoms with E-state index in [2.05, 4.69) is 10.4 Å². The molecule has 0 radical (unpaired) electrons. The minimum Gasteiger partial charge on any atom is -0.454 e. The molecular weight excluding hydrogens is 390 g/mol. The van der Waals surface area contributed by atoms with E-state index in [1.54, 1.807) is 12.1 Å². The second kappa shape index (κ2) is 8.64. The zero-order chi connectivity index (χ0) is 20.9. The van der Waals surface area contributed by atoms with Crippen molar-refractivity contribution < 1.29 is 28.6 Å². The van der Waals surface area contributed by atoms with Crippen molar-refractivity contribution in [1.29, 1.82) is 0 Å².